The molecule has 3 nitrogen and oxygen atoms in total. The van der Waals surface area contributed by atoms with Crippen LogP contribution in [0.5, 0.6) is 0 Å². The zero-order chi connectivity index (χ0) is 25.2. The minimum Gasteiger partial charge on any atom is -0.408 e. The zero-order valence-electron chi connectivity index (χ0n) is 23.4. The van der Waals surface area contributed by atoms with Crippen LogP contribution in [-0.4, -0.2) is 39.8 Å². The summed E-state index contributed by atoms with van der Waals surface area (Å²) in [6, 6.07) is 0. The fourth-order valence-electron chi connectivity index (χ4n) is 4.43. The first-order chi connectivity index (χ1) is 16.0. The van der Waals surface area contributed by atoms with Gasteiger partial charge in [-0.1, -0.05) is 75.3 Å². The lowest BCUT2D eigenvalue weighted by atomic mass is 9.98. The molecule has 2 heterocycles. The molecular formula is C30H52O3Si. The van der Waals surface area contributed by atoms with Crippen LogP contribution in [0.4, 0.5) is 0 Å². The molecule has 194 valence electrons. The second kappa shape index (κ2) is 14.0. The quantitative estimate of drug-likeness (QED) is 0.228. The molecule has 2 rings (SSSR count). The topological polar surface area (TPSA) is 27.7 Å². The third-order valence-corrected chi connectivity index (χ3v) is 12.0. The van der Waals surface area contributed by atoms with E-state index in [1.54, 1.807) is 0 Å². The third-order valence-electron chi connectivity index (χ3n) is 7.48. The Morgan fingerprint density at radius 1 is 1.03 bits per heavy atom. The van der Waals surface area contributed by atoms with Crippen molar-refractivity contribution in [1.82, 2.24) is 0 Å². The first-order valence-corrected chi connectivity index (χ1v) is 16.5. The van der Waals surface area contributed by atoms with E-state index in [0.29, 0.717) is 12.0 Å². The summed E-state index contributed by atoms with van der Waals surface area (Å²) in [6.07, 6.45) is 22.3. The maximum atomic E-state index is 6.80. The lowest BCUT2D eigenvalue weighted by Gasteiger charge is -2.41. The van der Waals surface area contributed by atoms with Crippen molar-refractivity contribution in [3.8, 4) is 0 Å². The molecule has 0 N–H and O–H groups in total. The van der Waals surface area contributed by atoms with Crippen LogP contribution in [0.1, 0.15) is 86.5 Å². The monoisotopic (exact) mass is 488 g/mol. The third kappa shape index (κ3) is 10.4. The molecule has 2 fully saturated rings. The minimum absolute atomic E-state index is 0.0388. The first-order valence-electron chi connectivity index (χ1n) is 13.6. The average molecular weight is 489 g/mol. The Balaban J connectivity index is 1.96. The van der Waals surface area contributed by atoms with Crippen molar-refractivity contribution in [3.63, 3.8) is 0 Å². The van der Waals surface area contributed by atoms with Crippen LogP contribution >= 0.6 is 0 Å². The van der Waals surface area contributed by atoms with Crippen LogP contribution in [0.2, 0.25) is 18.1 Å². The molecule has 0 spiro atoms. The van der Waals surface area contributed by atoms with Gasteiger partial charge in [0.15, 0.2) is 8.32 Å². The van der Waals surface area contributed by atoms with Gasteiger partial charge in [-0.15, -0.1) is 0 Å². The summed E-state index contributed by atoms with van der Waals surface area (Å²) in [4.78, 5) is 0. The number of rotatable bonds is 10. The van der Waals surface area contributed by atoms with E-state index < -0.39 is 8.32 Å². The van der Waals surface area contributed by atoms with Crippen molar-refractivity contribution in [2.45, 2.75) is 123 Å². The molecule has 4 atom stereocenters. The van der Waals surface area contributed by atoms with E-state index in [2.05, 4.69) is 91.1 Å². The van der Waals surface area contributed by atoms with E-state index in [1.165, 1.54) is 36.8 Å². The highest BCUT2D eigenvalue weighted by atomic mass is 28.4. The van der Waals surface area contributed by atoms with E-state index in [4.69, 9.17) is 13.9 Å². The molecule has 2 aliphatic rings. The van der Waals surface area contributed by atoms with E-state index in [0.717, 1.165) is 32.5 Å². The van der Waals surface area contributed by atoms with Crippen LogP contribution in [0, 0.1) is 5.92 Å². The smallest absolute Gasteiger partial charge is 0.193 e. The lowest BCUT2D eigenvalue weighted by Crippen LogP contribution is -2.47. The molecule has 2 saturated heterocycles. The summed E-state index contributed by atoms with van der Waals surface area (Å²) in [6.45, 7) is 20.1. The first kappa shape index (κ1) is 29.3. The van der Waals surface area contributed by atoms with Crippen molar-refractivity contribution < 1.29 is 13.9 Å². The van der Waals surface area contributed by atoms with Gasteiger partial charge in [-0.05, 0) is 82.8 Å². The number of hydrogen-bond donors (Lipinski definition) is 0. The Morgan fingerprint density at radius 2 is 1.71 bits per heavy atom. The number of hydrogen-bond acceptors (Lipinski definition) is 3. The van der Waals surface area contributed by atoms with E-state index in [1.807, 2.05) is 0 Å². The van der Waals surface area contributed by atoms with Crippen molar-refractivity contribution in [1.29, 1.82) is 0 Å². The van der Waals surface area contributed by atoms with Gasteiger partial charge < -0.3 is 13.9 Å². The fraction of sp³-hybridized carbons (Fsp3) is 0.733. The predicted molar refractivity (Wildman–Crippen MR) is 149 cm³/mol. The molecule has 2 aliphatic heterocycles. The fourth-order valence-corrected chi connectivity index (χ4v) is 5.69. The van der Waals surface area contributed by atoms with Gasteiger partial charge in [-0.2, -0.15) is 0 Å². The summed E-state index contributed by atoms with van der Waals surface area (Å²) in [5.41, 5.74) is 2.71. The Labute approximate surface area is 211 Å². The summed E-state index contributed by atoms with van der Waals surface area (Å²) < 4.78 is 18.7. The maximum Gasteiger partial charge on any atom is 0.193 e. The van der Waals surface area contributed by atoms with Crippen LogP contribution in [0.15, 0.2) is 47.6 Å². The zero-order valence-corrected chi connectivity index (χ0v) is 24.4. The van der Waals surface area contributed by atoms with Crippen molar-refractivity contribution in [2.75, 3.05) is 13.2 Å². The maximum absolute atomic E-state index is 6.80. The van der Waals surface area contributed by atoms with Gasteiger partial charge in [0.1, 0.15) is 0 Å². The molecule has 0 saturated carbocycles. The normalized spacial score (nSPS) is 25.8. The molecule has 0 radical (unpaired) electrons. The largest absolute Gasteiger partial charge is 0.408 e. The van der Waals surface area contributed by atoms with E-state index in [-0.39, 0.29) is 17.2 Å². The van der Waals surface area contributed by atoms with Crippen LogP contribution in [0.25, 0.3) is 0 Å². The summed E-state index contributed by atoms with van der Waals surface area (Å²) in [5.74, 6) is 0.502. The molecule has 0 aliphatic carbocycles. The molecule has 1 unspecified atom stereocenters. The highest BCUT2D eigenvalue weighted by molar-refractivity contribution is 6.74. The standard InChI is InChI=1S/C30H52O3Si/c1-24(22-26(3)23-25(2)18-19-27-15-9-11-20-31-27)14-13-17-29(28-16-10-12-21-32-28)33-34(7,8)30(4,5)6/h13-14,17-19,23,26-29H,9-12,15-16,20-22H2,1-8H3/b17-13+,19-18+,24-14+,25-23-/t26-,27?,28+,29+/m1/s1. The van der Waals surface area contributed by atoms with Gasteiger partial charge in [-0.25, -0.2) is 0 Å². The van der Waals surface area contributed by atoms with Crippen molar-refractivity contribution >= 4 is 8.32 Å². The Morgan fingerprint density at radius 3 is 2.29 bits per heavy atom. The van der Waals surface area contributed by atoms with E-state index in [9.17, 15) is 0 Å². The summed E-state index contributed by atoms with van der Waals surface area (Å²) in [7, 11) is -1.87. The second-order valence-electron chi connectivity index (χ2n) is 12.0. The van der Waals surface area contributed by atoms with Gasteiger partial charge in [0.05, 0.1) is 18.3 Å². The van der Waals surface area contributed by atoms with Gasteiger partial charge >= 0.3 is 0 Å². The summed E-state index contributed by atoms with van der Waals surface area (Å²) in [5, 5.41) is 0.191. The minimum atomic E-state index is -1.87. The SMILES string of the molecule is CC(=C/[C@H](C)C/C(C)=C/C=C/[C@H](O[Si](C)(C)C(C)(C)C)[C@@H]1CCCCO1)/C=C/C1CCCCO1. The van der Waals surface area contributed by atoms with Crippen molar-refractivity contribution in [3.05, 3.63) is 47.6 Å². The Hall–Kier alpha value is -0.943. The lowest BCUT2D eigenvalue weighted by molar-refractivity contribution is -0.0396. The molecule has 0 aromatic carbocycles. The van der Waals surface area contributed by atoms with Gasteiger partial charge in [-0.3, -0.25) is 0 Å². The molecule has 0 bridgehead atoms. The Kier molecular flexibility index (Phi) is 12.0. The van der Waals surface area contributed by atoms with Gasteiger partial charge in [0.25, 0.3) is 0 Å². The average Bonchev–Trinajstić information content (AvgIpc) is 2.77. The predicted octanol–water partition coefficient (Wildman–Crippen LogP) is 8.55. The number of allylic oxidation sites excluding steroid dienone is 6. The van der Waals surface area contributed by atoms with E-state index >= 15 is 0 Å². The van der Waals surface area contributed by atoms with Crippen molar-refractivity contribution in [2.24, 2.45) is 5.92 Å². The second-order valence-corrected chi connectivity index (χ2v) is 16.8. The van der Waals surface area contributed by atoms with Crippen LogP contribution in [-0.2, 0) is 13.9 Å². The summed E-state index contributed by atoms with van der Waals surface area (Å²) >= 11 is 0. The molecule has 0 aromatic rings. The van der Waals surface area contributed by atoms with Gasteiger partial charge in [0, 0.05) is 13.2 Å². The molecule has 34 heavy (non-hydrogen) atoms. The van der Waals surface area contributed by atoms with Crippen LogP contribution < -0.4 is 0 Å². The molecular weight excluding hydrogens is 436 g/mol. The highest BCUT2D eigenvalue weighted by Crippen LogP contribution is 2.38. The number of ether oxygens (including phenoxy) is 2. The highest BCUT2D eigenvalue weighted by Gasteiger charge is 2.40. The Bertz CT molecular complexity index is 714. The molecule has 0 amide bonds. The van der Waals surface area contributed by atoms with Gasteiger partial charge in [0.2, 0.25) is 0 Å². The molecule has 0 aromatic heterocycles. The molecule has 4 heteroatoms. The van der Waals surface area contributed by atoms with Crippen LogP contribution in [0.3, 0.4) is 0 Å².